The molecule has 0 spiro atoms. The van der Waals surface area contributed by atoms with Crippen molar-refractivity contribution in [3.8, 4) is 0 Å². The molecular weight excluding hydrogens is 200 g/mol. The molecule has 2 unspecified atom stereocenters. The standard InChI is InChI=1S/C10H18O5/c1-3-4-7(11)5-6-8(12)9(13)10(14)15-2/h4,8-9,11-13H,3,5-6H2,1-2H3/b7-4+. The van der Waals surface area contributed by atoms with Gasteiger partial charge in [0.25, 0.3) is 0 Å². The number of methoxy groups -OCH3 is 1. The van der Waals surface area contributed by atoms with Crippen LogP contribution in [0, 0.1) is 0 Å². The first-order valence-corrected chi connectivity index (χ1v) is 4.84. The van der Waals surface area contributed by atoms with Gasteiger partial charge in [-0.25, -0.2) is 4.79 Å². The molecule has 0 aromatic heterocycles. The van der Waals surface area contributed by atoms with Gasteiger partial charge in [0.05, 0.1) is 19.0 Å². The van der Waals surface area contributed by atoms with Crippen LogP contribution >= 0.6 is 0 Å². The first-order valence-electron chi connectivity index (χ1n) is 4.84. The van der Waals surface area contributed by atoms with Crippen molar-refractivity contribution in [2.24, 2.45) is 0 Å². The monoisotopic (exact) mass is 218 g/mol. The number of carbonyl (C=O) groups excluding carboxylic acids is 1. The Hall–Kier alpha value is -1.07. The molecule has 0 saturated carbocycles. The highest BCUT2D eigenvalue weighted by atomic mass is 16.5. The van der Waals surface area contributed by atoms with Crippen LogP contribution in [0.25, 0.3) is 0 Å². The molecule has 0 saturated heterocycles. The van der Waals surface area contributed by atoms with Crippen LogP contribution in [0.1, 0.15) is 26.2 Å². The van der Waals surface area contributed by atoms with E-state index in [1.54, 1.807) is 6.08 Å². The Morgan fingerprint density at radius 1 is 1.47 bits per heavy atom. The van der Waals surface area contributed by atoms with Crippen LogP contribution in [0.3, 0.4) is 0 Å². The first kappa shape index (κ1) is 13.9. The zero-order chi connectivity index (χ0) is 11.8. The normalized spacial score (nSPS) is 15.9. The minimum absolute atomic E-state index is 0.110. The quantitative estimate of drug-likeness (QED) is 0.446. The van der Waals surface area contributed by atoms with Crippen molar-refractivity contribution >= 4 is 5.97 Å². The van der Waals surface area contributed by atoms with Crippen molar-refractivity contribution in [1.29, 1.82) is 0 Å². The van der Waals surface area contributed by atoms with Crippen molar-refractivity contribution in [3.05, 3.63) is 11.8 Å². The lowest BCUT2D eigenvalue weighted by Gasteiger charge is -2.15. The lowest BCUT2D eigenvalue weighted by Crippen LogP contribution is -2.34. The molecule has 0 fully saturated rings. The predicted octanol–water partition coefficient (Wildman–Crippen LogP) is 0.513. The topological polar surface area (TPSA) is 87.0 Å². The van der Waals surface area contributed by atoms with Crippen molar-refractivity contribution in [2.75, 3.05) is 7.11 Å². The summed E-state index contributed by atoms with van der Waals surface area (Å²) in [7, 11) is 1.13. The average molecular weight is 218 g/mol. The van der Waals surface area contributed by atoms with Gasteiger partial charge in [-0.05, 0) is 18.9 Å². The SMILES string of the molecule is CC/C=C(/O)CCC(O)C(O)C(=O)OC. The van der Waals surface area contributed by atoms with Crippen molar-refractivity contribution in [3.63, 3.8) is 0 Å². The molecule has 0 aliphatic heterocycles. The fraction of sp³-hybridized carbons (Fsp3) is 0.700. The van der Waals surface area contributed by atoms with E-state index < -0.39 is 18.2 Å². The van der Waals surface area contributed by atoms with E-state index in [-0.39, 0.29) is 18.6 Å². The van der Waals surface area contributed by atoms with Gasteiger partial charge in [-0.2, -0.15) is 0 Å². The zero-order valence-corrected chi connectivity index (χ0v) is 9.01. The van der Waals surface area contributed by atoms with Crippen LogP contribution in [0.4, 0.5) is 0 Å². The highest BCUT2D eigenvalue weighted by molar-refractivity contribution is 5.74. The summed E-state index contributed by atoms with van der Waals surface area (Å²) in [6.45, 7) is 1.87. The van der Waals surface area contributed by atoms with Gasteiger partial charge in [0.1, 0.15) is 0 Å². The number of rotatable bonds is 6. The fourth-order valence-corrected chi connectivity index (χ4v) is 1.07. The summed E-state index contributed by atoms with van der Waals surface area (Å²) in [5.74, 6) is -0.727. The number of hydrogen-bond donors (Lipinski definition) is 3. The van der Waals surface area contributed by atoms with Crippen molar-refractivity contribution < 1.29 is 24.9 Å². The molecule has 2 atom stereocenters. The van der Waals surface area contributed by atoms with Crippen molar-refractivity contribution in [1.82, 2.24) is 0 Å². The highest BCUT2D eigenvalue weighted by Crippen LogP contribution is 2.09. The molecule has 3 N–H and O–H groups in total. The Bertz CT molecular complexity index is 224. The number of ether oxygens (including phenoxy) is 1. The number of esters is 1. The van der Waals surface area contributed by atoms with E-state index >= 15 is 0 Å². The van der Waals surface area contributed by atoms with Crippen LogP contribution in [0.5, 0.6) is 0 Å². The van der Waals surface area contributed by atoms with E-state index in [9.17, 15) is 20.1 Å². The largest absolute Gasteiger partial charge is 0.513 e. The summed E-state index contributed by atoms with van der Waals surface area (Å²) >= 11 is 0. The van der Waals surface area contributed by atoms with Crippen LogP contribution in [-0.2, 0) is 9.53 Å². The lowest BCUT2D eigenvalue weighted by molar-refractivity contribution is -0.156. The molecule has 0 radical (unpaired) electrons. The third kappa shape index (κ3) is 5.39. The molecule has 5 nitrogen and oxygen atoms in total. The highest BCUT2D eigenvalue weighted by Gasteiger charge is 2.24. The van der Waals surface area contributed by atoms with Crippen LogP contribution in [0.15, 0.2) is 11.8 Å². The molecule has 0 aliphatic carbocycles. The first-order chi connectivity index (χ1) is 7.02. The zero-order valence-electron chi connectivity index (χ0n) is 9.01. The summed E-state index contributed by atoms with van der Waals surface area (Å²) in [6.07, 6.45) is -0.130. The Balaban J connectivity index is 3.98. The van der Waals surface area contributed by atoms with E-state index in [1.165, 1.54) is 0 Å². The average Bonchev–Trinajstić information content (AvgIpc) is 2.24. The van der Waals surface area contributed by atoms with E-state index in [4.69, 9.17) is 0 Å². The third-order valence-corrected chi connectivity index (χ3v) is 1.94. The lowest BCUT2D eigenvalue weighted by atomic mass is 10.1. The maximum atomic E-state index is 10.8. The Labute approximate surface area is 89.0 Å². The predicted molar refractivity (Wildman–Crippen MR) is 54.3 cm³/mol. The smallest absolute Gasteiger partial charge is 0.337 e. The Morgan fingerprint density at radius 2 is 2.07 bits per heavy atom. The van der Waals surface area contributed by atoms with E-state index in [1.807, 2.05) is 6.92 Å². The molecule has 0 aliphatic rings. The number of aliphatic hydroxyl groups excluding tert-OH is 3. The number of carbonyl (C=O) groups is 1. The van der Waals surface area contributed by atoms with Gasteiger partial charge < -0.3 is 20.1 Å². The van der Waals surface area contributed by atoms with Gasteiger partial charge >= 0.3 is 5.97 Å². The van der Waals surface area contributed by atoms with Gasteiger partial charge in [0, 0.05) is 6.42 Å². The maximum absolute atomic E-state index is 10.8. The number of hydrogen-bond acceptors (Lipinski definition) is 5. The molecule has 0 aromatic rings. The molecule has 0 amide bonds. The summed E-state index contributed by atoms with van der Waals surface area (Å²) in [5, 5.41) is 27.8. The van der Waals surface area contributed by atoms with Gasteiger partial charge in [-0.15, -0.1) is 0 Å². The van der Waals surface area contributed by atoms with E-state index in [0.717, 1.165) is 7.11 Å². The minimum Gasteiger partial charge on any atom is -0.513 e. The minimum atomic E-state index is -1.55. The summed E-state index contributed by atoms with van der Waals surface area (Å²) in [5.41, 5.74) is 0. The maximum Gasteiger partial charge on any atom is 0.337 e. The van der Waals surface area contributed by atoms with Crippen LogP contribution < -0.4 is 0 Å². The van der Waals surface area contributed by atoms with Gasteiger partial charge in [0.15, 0.2) is 6.10 Å². The number of allylic oxidation sites excluding steroid dienone is 2. The summed E-state index contributed by atoms with van der Waals surface area (Å²) in [4.78, 5) is 10.8. The van der Waals surface area contributed by atoms with Crippen LogP contribution in [0.2, 0.25) is 0 Å². The fourth-order valence-electron chi connectivity index (χ4n) is 1.07. The molecule has 88 valence electrons. The summed E-state index contributed by atoms with van der Waals surface area (Å²) < 4.78 is 4.26. The van der Waals surface area contributed by atoms with E-state index in [0.29, 0.717) is 6.42 Å². The second-order valence-electron chi connectivity index (χ2n) is 3.18. The molecule has 0 aromatic carbocycles. The van der Waals surface area contributed by atoms with E-state index in [2.05, 4.69) is 4.74 Å². The van der Waals surface area contributed by atoms with Gasteiger partial charge in [0.2, 0.25) is 0 Å². The molecule has 15 heavy (non-hydrogen) atoms. The number of aliphatic hydroxyl groups is 3. The Morgan fingerprint density at radius 3 is 2.53 bits per heavy atom. The summed E-state index contributed by atoms with van der Waals surface area (Å²) in [6, 6.07) is 0. The second kappa shape index (κ2) is 7.25. The molecule has 5 heteroatoms. The van der Waals surface area contributed by atoms with Gasteiger partial charge in [-0.3, -0.25) is 0 Å². The van der Waals surface area contributed by atoms with Crippen LogP contribution in [-0.4, -0.2) is 40.6 Å². The van der Waals surface area contributed by atoms with Crippen molar-refractivity contribution in [2.45, 2.75) is 38.4 Å². The molecule has 0 heterocycles. The molecular formula is C10H18O5. The molecule has 0 rings (SSSR count). The Kier molecular flexibility index (Phi) is 6.73. The third-order valence-electron chi connectivity index (χ3n) is 1.94. The molecule has 0 bridgehead atoms. The second-order valence-corrected chi connectivity index (χ2v) is 3.18. The van der Waals surface area contributed by atoms with Gasteiger partial charge in [-0.1, -0.05) is 6.92 Å².